The summed E-state index contributed by atoms with van der Waals surface area (Å²) in [6, 6.07) is 1.99. The van der Waals surface area contributed by atoms with E-state index in [0.717, 1.165) is 36.3 Å². The Bertz CT molecular complexity index is 582. The van der Waals surface area contributed by atoms with Crippen molar-refractivity contribution in [2.45, 2.75) is 33.6 Å². The molecule has 0 saturated heterocycles. The molecule has 4 N–H and O–H groups in total. The second kappa shape index (κ2) is 9.86. The average molecular weight is 318 g/mol. The van der Waals surface area contributed by atoms with Crippen LogP contribution in [0, 0.1) is 17.7 Å². The van der Waals surface area contributed by atoms with Gasteiger partial charge in [0.15, 0.2) is 5.90 Å². The van der Waals surface area contributed by atoms with Crippen LogP contribution in [0.15, 0.2) is 18.3 Å². The maximum Gasteiger partial charge on any atom is 0.214 e. The van der Waals surface area contributed by atoms with Gasteiger partial charge in [0.1, 0.15) is 6.61 Å². The molecule has 6 nitrogen and oxygen atoms in total. The summed E-state index contributed by atoms with van der Waals surface area (Å²) in [4.78, 5) is 4.50. The van der Waals surface area contributed by atoms with E-state index in [1.165, 1.54) is 5.57 Å². The molecule has 23 heavy (non-hydrogen) atoms. The first kappa shape index (κ1) is 19.0. The summed E-state index contributed by atoms with van der Waals surface area (Å²) >= 11 is 0. The standard InChI is InChI=1S/C15H20N4O2.C2H6/c1-10-6-11(7-13(16)21-14(17)9-20)8-19-15(10)12-2-4-18-5-3-12;1-2/h2,6,8,16-18,20H,3-5,7,9H2,1H3;1-2H3. The lowest BCUT2D eigenvalue weighted by Crippen LogP contribution is -2.20. The van der Waals surface area contributed by atoms with E-state index in [1.54, 1.807) is 6.20 Å². The van der Waals surface area contributed by atoms with Crippen molar-refractivity contribution in [3.63, 3.8) is 0 Å². The van der Waals surface area contributed by atoms with E-state index in [4.69, 9.17) is 20.7 Å². The molecule has 0 aromatic carbocycles. The number of aliphatic hydroxyl groups excluding tert-OH is 1. The van der Waals surface area contributed by atoms with Gasteiger partial charge in [0.05, 0.1) is 12.1 Å². The van der Waals surface area contributed by atoms with Gasteiger partial charge in [0, 0.05) is 12.7 Å². The molecule has 0 unspecified atom stereocenters. The van der Waals surface area contributed by atoms with Crippen molar-refractivity contribution in [2.24, 2.45) is 0 Å². The third-order valence-corrected chi connectivity index (χ3v) is 3.26. The molecule has 0 amide bonds. The largest absolute Gasteiger partial charge is 0.427 e. The van der Waals surface area contributed by atoms with Gasteiger partial charge in [-0.3, -0.25) is 15.8 Å². The smallest absolute Gasteiger partial charge is 0.214 e. The minimum atomic E-state index is -0.499. The molecule has 0 fully saturated rings. The first-order valence-electron chi connectivity index (χ1n) is 7.89. The zero-order chi connectivity index (χ0) is 17.2. The van der Waals surface area contributed by atoms with Crippen molar-refractivity contribution < 1.29 is 9.84 Å². The van der Waals surface area contributed by atoms with Gasteiger partial charge in [-0.2, -0.15) is 0 Å². The predicted molar refractivity (Wildman–Crippen MR) is 93.1 cm³/mol. The van der Waals surface area contributed by atoms with Gasteiger partial charge in [-0.25, -0.2) is 0 Å². The number of ether oxygens (including phenoxy) is 1. The summed E-state index contributed by atoms with van der Waals surface area (Å²) in [5.41, 5.74) is 4.20. The molecule has 1 aromatic rings. The van der Waals surface area contributed by atoms with Gasteiger partial charge in [-0.1, -0.05) is 26.0 Å². The van der Waals surface area contributed by atoms with E-state index >= 15 is 0 Å². The molecule has 1 aliphatic heterocycles. The van der Waals surface area contributed by atoms with Crippen molar-refractivity contribution in [2.75, 3.05) is 19.7 Å². The number of hydrogen-bond donors (Lipinski definition) is 4. The molecular weight excluding hydrogens is 292 g/mol. The van der Waals surface area contributed by atoms with E-state index in [0.29, 0.717) is 0 Å². The first-order chi connectivity index (χ1) is 11.1. The topological polar surface area (TPSA) is 102 Å². The molecule has 1 aromatic heterocycles. The summed E-state index contributed by atoms with van der Waals surface area (Å²) in [5, 5.41) is 26.8. The van der Waals surface area contributed by atoms with Gasteiger partial charge in [0.2, 0.25) is 5.90 Å². The minimum Gasteiger partial charge on any atom is -0.427 e. The predicted octanol–water partition coefficient (Wildman–Crippen LogP) is 2.30. The molecule has 6 heteroatoms. The highest BCUT2D eigenvalue weighted by Gasteiger charge is 2.11. The zero-order valence-corrected chi connectivity index (χ0v) is 14.1. The lowest BCUT2D eigenvalue weighted by atomic mass is 10.00. The lowest BCUT2D eigenvalue weighted by Gasteiger charge is -2.16. The van der Waals surface area contributed by atoms with Crippen LogP contribution in [0.1, 0.15) is 37.1 Å². The van der Waals surface area contributed by atoms with Crippen LogP contribution in [-0.2, 0) is 11.2 Å². The van der Waals surface area contributed by atoms with Crippen molar-refractivity contribution in [1.82, 2.24) is 10.3 Å². The zero-order valence-electron chi connectivity index (χ0n) is 14.1. The molecule has 2 rings (SSSR count). The van der Waals surface area contributed by atoms with E-state index < -0.39 is 6.61 Å². The van der Waals surface area contributed by atoms with Crippen LogP contribution in [0.2, 0.25) is 0 Å². The molecule has 2 heterocycles. The third kappa shape index (κ3) is 5.92. The van der Waals surface area contributed by atoms with Crippen LogP contribution in [-0.4, -0.2) is 41.6 Å². The summed E-state index contributed by atoms with van der Waals surface area (Å²) in [6.45, 7) is 7.35. The van der Waals surface area contributed by atoms with Gasteiger partial charge in [-0.05, 0) is 36.6 Å². The van der Waals surface area contributed by atoms with E-state index in [9.17, 15) is 0 Å². The quantitative estimate of drug-likeness (QED) is 0.505. The molecule has 126 valence electrons. The van der Waals surface area contributed by atoms with Gasteiger partial charge < -0.3 is 15.2 Å². The summed E-state index contributed by atoms with van der Waals surface area (Å²) in [5.74, 6) is -0.384. The fraction of sp³-hybridized carbons (Fsp3) is 0.471. The number of hydrogen-bond acceptors (Lipinski definition) is 6. The highest BCUT2D eigenvalue weighted by molar-refractivity contribution is 5.89. The monoisotopic (exact) mass is 318 g/mol. The Balaban J connectivity index is 0.00000127. The number of pyridine rings is 1. The fourth-order valence-corrected chi connectivity index (χ4v) is 2.31. The Morgan fingerprint density at radius 3 is 2.65 bits per heavy atom. The highest BCUT2D eigenvalue weighted by Crippen LogP contribution is 2.21. The third-order valence-electron chi connectivity index (χ3n) is 3.26. The SMILES string of the molecule is CC.Cc1cc(CC(=N)OC(=N)CO)cnc1C1=CCNCC1. The molecule has 0 bridgehead atoms. The van der Waals surface area contributed by atoms with Crippen LogP contribution in [0.4, 0.5) is 0 Å². The maximum absolute atomic E-state index is 8.70. The van der Waals surface area contributed by atoms with Crippen LogP contribution in [0.5, 0.6) is 0 Å². The number of aryl methyl sites for hydroxylation is 1. The van der Waals surface area contributed by atoms with E-state index in [2.05, 4.69) is 16.4 Å². The summed E-state index contributed by atoms with van der Waals surface area (Å²) < 4.78 is 4.86. The first-order valence-corrected chi connectivity index (χ1v) is 7.89. The van der Waals surface area contributed by atoms with Crippen LogP contribution >= 0.6 is 0 Å². The number of nitrogens with one attached hydrogen (secondary N) is 3. The molecule has 0 atom stereocenters. The molecule has 0 radical (unpaired) electrons. The summed E-state index contributed by atoms with van der Waals surface area (Å²) in [6.07, 6.45) is 5.13. The second-order valence-corrected chi connectivity index (χ2v) is 4.98. The molecule has 0 saturated carbocycles. The van der Waals surface area contributed by atoms with E-state index in [-0.39, 0.29) is 18.2 Å². The Labute approximate surface area is 137 Å². The maximum atomic E-state index is 8.70. The summed E-state index contributed by atoms with van der Waals surface area (Å²) in [7, 11) is 0. The Hall–Kier alpha value is -2.05. The van der Waals surface area contributed by atoms with Crippen molar-refractivity contribution in [3.8, 4) is 0 Å². The average Bonchev–Trinajstić information content (AvgIpc) is 2.57. The van der Waals surface area contributed by atoms with Crippen LogP contribution in [0.3, 0.4) is 0 Å². The number of aliphatic hydroxyl groups is 1. The van der Waals surface area contributed by atoms with E-state index in [1.807, 2.05) is 26.8 Å². The molecule has 1 aliphatic rings. The van der Waals surface area contributed by atoms with Crippen molar-refractivity contribution in [3.05, 3.63) is 35.2 Å². The van der Waals surface area contributed by atoms with Crippen LogP contribution in [0.25, 0.3) is 5.57 Å². The van der Waals surface area contributed by atoms with Crippen LogP contribution < -0.4 is 5.32 Å². The number of aromatic nitrogens is 1. The molecule has 0 spiro atoms. The normalized spacial score (nSPS) is 13.5. The Kier molecular flexibility index (Phi) is 8.15. The van der Waals surface area contributed by atoms with Gasteiger partial charge in [0.25, 0.3) is 0 Å². The fourth-order valence-electron chi connectivity index (χ4n) is 2.31. The molecular formula is C17H26N4O2. The van der Waals surface area contributed by atoms with Crippen molar-refractivity contribution in [1.29, 1.82) is 10.8 Å². The minimum absolute atomic E-state index is 0.0657. The highest BCUT2D eigenvalue weighted by atomic mass is 16.5. The van der Waals surface area contributed by atoms with Gasteiger partial charge in [-0.15, -0.1) is 0 Å². The number of nitrogens with zero attached hydrogens (tertiary/aromatic N) is 1. The Morgan fingerprint density at radius 2 is 2.09 bits per heavy atom. The Morgan fingerprint density at radius 1 is 1.35 bits per heavy atom. The van der Waals surface area contributed by atoms with Gasteiger partial charge >= 0.3 is 0 Å². The molecule has 0 aliphatic carbocycles. The lowest BCUT2D eigenvalue weighted by molar-refractivity contribution is 0.324. The number of rotatable bonds is 4. The second-order valence-electron chi connectivity index (χ2n) is 4.98. The van der Waals surface area contributed by atoms with Crippen molar-refractivity contribution >= 4 is 17.4 Å².